The summed E-state index contributed by atoms with van der Waals surface area (Å²) in [7, 11) is 2.16. The fraction of sp³-hybridized carbons (Fsp3) is 0.391. The van der Waals surface area contributed by atoms with Crippen molar-refractivity contribution >= 4 is 27.7 Å². The Labute approximate surface area is 165 Å². The Morgan fingerprint density at radius 1 is 1.00 bits per heavy atom. The molecule has 0 atom stereocenters. The lowest BCUT2D eigenvalue weighted by Crippen LogP contribution is -2.33. The minimum atomic E-state index is -0.00752. The van der Waals surface area contributed by atoms with Gasteiger partial charge < -0.3 is 14.8 Å². The molecule has 146 valence electrons. The first-order chi connectivity index (χ1) is 13.6. The summed E-state index contributed by atoms with van der Waals surface area (Å²) in [5, 5.41) is 4.39. The number of hydrogen-bond acceptors (Lipinski definition) is 3. The zero-order chi connectivity index (χ0) is 19.5. The zero-order valence-electron chi connectivity index (χ0n) is 16.4. The standard InChI is InChI=1S/C23H27N3O2/c1-25-14-11-17(12-15-25)10-13-24-22(27)16-26-20-8-4-2-6-18(20)23(28)19-7-3-5-9-21(19)26/h2-9,17H,10-16H2,1H3,(H,24,27). The number of nitrogens with one attached hydrogen (secondary N) is 1. The van der Waals surface area contributed by atoms with Crippen LogP contribution in [0.2, 0.25) is 0 Å². The molecule has 2 aromatic carbocycles. The van der Waals surface area contributed by atoms with Gasteiger partial charge in [0.1, 0.15) is 6.54 Å². The van der Waals surface area contributed by atoms with Gasteiger partial charge in [0, 0.05) is 17.3 Å². The van der Waals surface area contributed by atoms with Gasteiger partial charge in [-0.15, -0.1) is 0 Å². The third-order valence-electron chi connectivity index (χ3n) is 5.89. The van der Waals surface area contributed by atoms with Crippen molar-refractivity contribution in [3.8, 4) is 0 Å². The van der Waals surface area contributed by atoms with Gasteiger partial charge in [0.25, 0.3) is 0 Å². The Kier molecular flexibility index (Phi) is 5.44. The van der Waals surface area contributed by atoms with E-state index in [2.05, 4.69) is 17.3 Å². The molecule has 1 aliphatic rings. The number of aromatic nitrogens is 1. The Balaban J connectivity index is 1.51. The van der Waals surface area contributed by atoms with E-state index in [0.717, 1.165) is 30.5 Å². The fourth-order valence-corrected chi connectivity index (χ4v) is 4.21. The molecule has 0 aliphatic carbocycles. The number of carbonyl (C=O) groups is 1. The van der Waals surface area contributed by atoms with E-state index in [0.29, 0.717) is 23.2 Å². The molecule has 1 aliphatic heterocycles. The van der Waals surface area contributed by atoms with Gasteiger partial charge in [0.2, 0.25) is 5.91 Å². The van der Waals surface area contributed by atoms with E-state index in [-0.39, 0.29) is 17.9 Å². The summed E-state index contributed by atoms with van der Waals surface area (Å²) in [6.07, 6.45) is 3.45. The molecule has 4 rings (SSSR count). The number of amides is 1. The largest absolute Gasteiger partial charge is 0.355 e. The highest BCUT2D eigenvalue weighted by molar-refractivity contribution is 5.94. The fourth-order valence-electron chi connectivity index (χ4n) is 4.21. The summed E-state index contributed by atoms with van der Waals surface area (Å²) in [5.74, 6) is 0.692. The molecular weight excluding hydrogens is 350 g/mol. The Bertz CT molecular complexity index is 989. The smallest absolute Gasteiger partial charge is 0.239 e. The molecule has 2 heterocycles. The van der Waals surface area contributed by atoms with Gasteiger partial charge in [-0.1, -0.05) is 24.3 Å². The summed E-state index contributed by atoms with van der Waals surface area (Å²) in [5.41, 5.74) is 1.62. The second-order valence-corrected chi connectivity index (χ2v) is 7.83. The minimum absolute atomic E-state index is 0.00752. The van der Waals surface area contributed by atoms with Crippen LogP contribution in [0.5, 0.6) is 0 Å². The van der Waals surface area contributed by atoms with Crippen molar-refractivity contribution in [1.29, 1.82) is 0 Å². The average molecular weight is 377 g/mol. The van der Waals surface area contributed by atoms with Crippen molar-refractivity contribution < 1.29 is 4.79 Å². The molecule has 5 heteroatoms. The topological polar surface area (TPSA) is 54.3 Å². The molecule has 1 fully saturated rings. The molecule has 0 radical (unpaired) electrons. The number of hydrogen-bond donors (Lipinski definition) is 1. The quantitative estimate of drug-likeness (QED) is 0.696. The second kappa shape index (κ2) is 8.15. The number of nitrogens with zero attached hydrogens (tertiary/aromatic N) is 2. The van der Waals surface area contributed by atoms with Crippen molar-refractivity contribution in [3.63, 3.8) is 0 Å². The third-order valence-corrected chi connectivity index (χ3v) is 5.89. The van der Waals surface area contributed by atoms with Crippen LogP contribution in [0.3, 0.4) is 0 Å². The summed E-state index contributed by atoms with van der Waals surface area (Å²) >= 11 is 0. The van der Waals surface area contributed by atoms with Crippen molar-refractivity contribution in [2.45, 2.75) is 25.8 Å². The van der Waals surface area contributed by atoms with Crippen LogP contribution in [0, 0.1) is 5.92 Å². The van der Waals surface area contributed by atoms with Crippen LogP contribution in [0.25, 0.3) is 21.8 Å². The van der Waals surface area contributed by atoms with E-state index in [1.165, 1.54) is 12.8 Å². The molecule has 0 saturated carbocycles. The Hall–Kier alpha value is -2.66. The number of pyridine rings is 1. The minimum Gasteiger partial charge on any atom is -0.355 e. The Morgan fingerprint density at radius 2 is 1.57 bits per heavy atom. The van der Waals surface area contributed by atoms with Gasteiger partial charge in [-0.25, -0.2) is 0 Å². The lowest BCUT2D eigenvalue weighted by atomic mass is 9.94. The van der Waals surface area contributed by atoms with E-state index >= 15 is 0 Å². The van der Waals surface area contributed by atoms with E-state index in [1.54, 1.807) is 0 Å². The van der Waals surface area contributed by atoms with Crippen LogP contribution >= 0.6 is 0 Å². The first-order valence-corrected chi connectivity index (χ1v) is 10.1. The highest BCUT2D eigenvalue weighted by Gasteiger charge is 2.17. The van der Waals surface area contributed by atoms with Gasteiger partial charge in [-0.05, 0) is 69.6 Å². The van der Waals surface area contributed by atoms with Crippen LogP contribution in [0.1, 0.15) is 19.3 Å². The number of piperidine rings is 1. The highest BCUT2D eigenvalue weighted by Crippen LogP contribution is 2.20. The summed E-state index contributed by atoms with van der Waals surface area (Å²) in [4.78, 5) is 27.8. The molecule has 1 amide bonds. The summed E-state index contributed by atoms with van der Waals surface area (Å²) in [6.45, 7) is 3.22. The number of para-hydroxylation sites is 2. The molecule has 5 nitrogen and oxygen atoms in total. The number of fused-ring (bicyclic) bond motifs is 2. The summed E-state index contributed by atoms with van der Waals surface area (Å²) in [6, 6.07) is 15.0. The predicted octanol–water partition coefficient (Wildman–Crippen LogP) is 3.00. The van der Waals surface area contributed by atoms with E-state index in [4.69, 9.17) is 0 Å². The maximum atomic E-state index is 12.8. The monoisotopic (exact) mass is 377 g/mol. The van der Waals surface area contributed by atoms with Crippen LogP contribution < -0.4 is 10.7 Å². The molecule has 0 bridgehead atoms. The normalized spacial score (nSPS) is 15.9. The highest BCUT2D eigenvalue weighted by atomic mass is 16.2. The first-order valence-electron chi connectivity index (χ1n) is 10.1. The first kappa shape index (κ1) is 18.7. The van der Waals surface area contributed by atoms with Crippen LogP contribution in [-0.2, 0) is 11.3 Å². The SMILES string of the molecule is CN1CCC(CCNC(=O)Cn2c3ccccc3c(=O)c3ccccc32)CC1. The van der Waals surface area contributed by atoms with Crippen LogP contribution in [0.15, 0.2) is 53.3 Å². The molecule has 28 heavy (non-hydrogen) atoms. The molecule has 0 spiro atoms. The van der Waals surface area contributed by atoms with Crippen molar-refractivity contribution in [3.05, 3.63) is 58.8 Å². The van der Waals surface area contributed by atoms with E-state index in [1.807, 2.05) is 53.1 Å². The Morgan fingerprint density at radius 3 is 2.18 bits per heavy atom. The van der Waals surface area contributed by atoms with Crippen molar-refractivity contribution in [2.24, 2.45) is 5.92 Å². The predicted molar refractivity (Wildman–Crippen MR) is 114 cm³/mol. The van der Waals surface area contributed by atoms with Gasteiger partial charge in [0.15, 0.2) is 5.43 Å². The summed E-state index contributed by atoms with van der Waals surface area (Å²) < 4.78 is 1.96. The molecule has 1 aromatic heterocycles. The van der Waals surface area contributed by atoms with Gasteiger partial charge >= 0.3 is 0 Å². The van der Waals surface area contributed by atoms with Gasteiger partial charge in [-0.3, -0.25) is 9.59 Å². The maximum absolute atomic E-state index is 12.8. The lowest BCUT2D eigenvalue weighted by molar-refractivity contribution is -0.121. The zero-order valence-corrected chi connectivity index (χ0v) is 16.4. The number of carbonyl (C=O) groups excluding carboxylic acids is 1. The molecule has 3 aromatic rings. The second-order valence-electron chi connectivity index (χ2n) is 7.83. The van der Waals surface area contributed by atoms with E-state index in [9.17, 15) is 9.59 Å². The number of benzene rings is 2. The van der Waals surface area contributed by atoms with Crippen molar-refractivity contribution in [1.82, 2.24) is 14.8 Å². The maximum Gasteiger partial charge on any atom is 0.239 e. The van der Waals surface area contributed by atoms with Crippen LogP contribution in [0.4, 0.5) is 0 Å². The van der Waals surface area contributed by atoms with Gasteiger partial charge in [0.05, 0.1) is 11.0 Å². The van der Waals surface area contributed by atoms with Crippen LogP contribution in [-0.4, -0.2) is 42.1 Å². The van der Waals surface area contributed by atoms with Gasteiger partial charge in [-0.2, -0.15) is 0 Å². The number of likely N-dealkylation sites (tertiary alicyclic amines) is 1. The van der Waals surface area contributed by atoms with Crippen molar-refractivity contribution in [2.75, 3.05) is 26.7 Å². The molecular formula is C23H27N3O2. The average Bonchev–Trinajstić information content (AvgIpc) is 2.72. The third kappa shape index (κ3) is 3.80. The molecule has 1 N–H and O–H groups in total. The lowest BCUT2D eigenvalue weighted by Gasteiger charge is -2.28. The molecule has 0 unspecified atom stereocenters. The van der Waals surface area contributed by atoms with E-state index < -0.39 is 0 Å². The number of rotatable bonds is 5. The molecule has 1 saturated heterocycles.